The number of hydrogen-bond acceptors (Lipinski definition) is 3. The number of nitrogens with zero attached hydrogens (tertiary/aromatic N) is 3. The highest BCUT2D eigenvalue weighted by Gasteiger charge is 2.07. The molecule has 1 aromatic heterocycles. The SMILES string of the molecule is CCCCCCCCOc1c/c(=N\C(=O)c2ccccc2)cnn1-c1ccccc1. The molecule has 5 heteroatoms. The summed E-state index contributed by atoms with van der Waals surface area (Å²) >= 11 is 0. The zero-order valence-electron chi connectivity index (χ0n) is 17.5. The first kappa shape index (κ1) is 21.5. The van der Waals surface area contributed by atoms with Gasteiger partial charge in [0, 0.05) is 11.6 Å². The van der Waals surface area contributed by atoms with Crippen molar-refractivity contribution in [1.82, 2.24) is 9.78 Å². The highest BCUT2D eigenvalue weighted by atomic mass is 16.5. The van der Waals surface area contributed by atoms with Crippen LogP contribution in [0.3, 0.4) is 0 Å². The van der Waals surface area contributed by atoms with Crippen molar-refractivity contribution in [2.75, 3.05) is 6.61 Å². The second-order valence-electron chi connectivity index (χ2n) is 7.20. The maximum Gasteiger partial charge on any atom is 0.277 e. The van der Waals surface area contributed by atoms with Gasteiger partial charge in [-0.2, -0.15) is 5.10 Å². The number of carbonyl (C=O) groups is 1. The monoisotopic (exact) mass is 403 g/mol. The summed E-state index contributed by atoms with van der Waals surface area (Å²) in [6.07, 6.45) is 8.77. The molecular formula is C25H29N3O2. The van der Waals surface area contributed by atoms with Gasteiger partial charge in [0.05, 0.1) is 23.8 Å². The molecule has 156 valence electrons. The first-order valence-corrected chi connectivity index (χ1v) is 10.7. The van der Waals surface area contributed by atoms with Gasteiger partial charge in [-0.05, 0) is 30.7 Å². The van der Waals surface area contributed by atoms with Gasteiger partial charge in [0.2, 0.25) is 5.88 Å². The molecule has 0 atom stereocenters. The molecule has 0 bridgehead atoms. The molecule has 3 rings (SSSR count). The number of aromatic nitrogens is 2. The summed E-state index contributed by atoms with van der Waals surface area (Å²) < 4.78 is 7.79. The number of hydrogen-bond donors (Lipinski definition) is 0. The van der Waals surface area contributed by atoms with E-state index in [9.17, 15) is 4.79 Å². The summed E-state index contributed by atoms with van der Waals surface area (Å²) in [6.45, 7) is 2.83. The number of rotatable bonds is 10. The minimum Gasteiger partial charge on any atom is -0.478 e. The van der Waals surface area contributed by atoms with Gasteiger partial charge in [-0.15, -0.1) is 0 Å². The normalized spacial score (nSPS) is 11.4. The summed E-state index contributed by atoms with van der Waals surface area (Å²) in [5.41, 5.74) is 1.45. The fourth-order valence-electron chi connectivity index (χ4n) is 3.15. The quantitative estimate of drug-likeness (QED) is 0.429. The lowest BCUT2D eigenvalue weighted by Gasteiger charge is -2.13. The molecule has 0 fully saturated rings. The Morgan fingerprint density at radius 3 is 2.33 bits per heavy atom. The molecule has 30 heavy (non-hydrogen) atoms. The average Bonchev–Trinajstić information content (AvgIpc) is 2.80. The Morgan fingerprint density at radius 2 is 1.60 bits per heavy atom. The topological polar surface area (TPSA) is 56.5 Å². The van der Waals surface area contributed by atoms with Crippen molar-refractivity contribution in [2.24, 2.45) is 4.99 Å². The van der Waals surface area contributed by atoms with E-state index in [0.29, 0.717) is 23.4 Å². The van der Waals surface area contributed by atoms with Crippen molar-refractivity contribution >= 4 is 5.91 Å². The number of amides is 1. The van der Waals surface area contributed by atoms with Gasteiger partial charge < -0.3 is 4.74 Å². The van der Waals surface area contributed by atoms with E-state index in [-0.39, 0.29) is 5.91 Å². The van der Waals surface area contributed by atoms with Crippen LogP contribution in [0.2, 0.25) is 0 Å². The second-order valence-corrected chi connectivity index (χ2v) is 7.20. The van der Waals surface area contributed by atoms with E-state index in [4.69, 9.17) is 4.74 Å². The predicted molar refractivity (Wildman–Crippen MR) is 119 cm³/mol. The minimum atomic E-state index is -0.295. The van der Waals surface area contributed by atoms with Crippen LogP contribution in [0, 0.1) is 0 Å². The lowest BCUT2D eigenvalue weighted by atomic mass is 10.1. The molecule has 0 aliphatic carbocycles. The molecule has 0 aliphatic rings. The first-order chi connectivity index (χ1) is 14.8. The van der Waals surface area contributed by atoms with E-state index in [1.54, 1.807) is 29.1 Å². The van der Waals surface area contributed by atoms with Crippen LogP contribution in [-0.4, -0.2) is 22.3 Å². The van der Waals surface area contributed by atoms with Crippen LogP contribution in [0.5, 0.6) is 5.88 Å². The fraction of sp³-hybridized carbons (Fsp3) is 0.320. The molecular weight excluding hydrogens is 374 g/mol. The third-order valence-electron chi connectivity index (χ3n) is 4.79. The Morgan fingerprint density at radius 1 is 0.933 bits per heavy atom. The van der Waals surface area contributed by atoms with Crippen molar-refractivity contribution in [3.63, 3.8) is 0 Å². The molecule has 0 aliphatic heterocycles. The summed E-state index contributed by atoms with van der Waals surface area (Å²) in [6, 6.07) is 20.6. The number of unbranched alkanes of at least 4 members (excludes halogenated alkanes) is 5. The van der Waals surface area contributed by atoms with Crippen LogP contribution in [0.25, 0.3) is 5.69 Å². The molecule has 5 nitrogen and oxygen atoms in total. The highest BCUT2D eigenvalue weighted by Crippen LogP contribution is 2.15. The molecule has 0 radical (unpaired) electrons. The third-order valence-corrected chi connectivity index (χ3v) is 4.79. The summed E-state index contributed by atoms with van der Waals surface area (Å²) in [5.74, 6) is 0.286. The van der Waals surface area contributed by atoms with Crippen LogP contribution in [0.4, 0.5) is 0 Å². The maximum atomic E-state index is 12.4. The van der Waals surface area contributed by atoms with E-state index in [1.807, 2.05) is 48.5 Å². The van der Waals surface area contributed by atoms with Gasteiger partial charge >= 0.3 is 0 Å². The van der Waals surface area contributed by atoms with Crippen LogP contribution in [-0.2, 0) is 0 Å². The molecule has 0 saturated heterocycles. The van der Waals surface area contributed by atoms with Crippen molar-refractivity contribution in [3.05, 3.63) is 83.8 Å². The number of benzene rings is 2. The summed E-state index contributed by atoms with van der Waals surface area (Å²) in [5, 5.41) is 4.96. The Hall–Kier alpha value is -3.21. The third kappa shape index (κ3) is 6.41. The molecule has 2 aromatic carbocycles. The molecule has 0 saturated carbocycles. The van der Waals surface area contributed by atoms with E-state index >= 15 is 0 Å². The maximum absolute atomic E-state index is 12.4. The van der Waals surface area contributed by atoms with E-state index in [1.165, 1.54) is 25.7 Å². The van der Waals surface area contributed by atoms with Crippen molar-refractivity contribution in [1.29, 1.82) is 0 Å². The highest BCUT2D eigenvalue weighted by molar-refractivity contribution is 5.94. The van der Waals surface area contributed by atoms with E-state index in [2.05, 4.69) is 17.0 Å². The minimum absolute atomic E-state index is 0.295. The molecule has 0 N–H and O–H groups in total. The Labute approximate surface area is 178 Å². The van der Waals surface area contributed by atoms with Crippen molar-refractivity contribution in [2.45, 2.75) is 45.4 Å². The Balaban J connectivity index is 1.77. The largest absolute Gasteiger partial charge is 0.478 e. The standard InChI is InChI=1S/C25H29N3O2/c1-2-3-4-5-6-13-18-30-24-19-22(27-25(29)21-14-9-7-10-15-21)20-26-28(24)23-16-11-8-12-17-23/h7-12,14-17,19-20H,2-6,13,18H2,1H3/b27-22+. The first-order valence-electron chi connectivity index (χ1n) is 10.7. The van der Waals surface area contributed by atoms with Gasteiger partial charge in [0.25, 0.3) is 5.91 Å². The lowest BCUT2D eigenvalue weighted by Crippen LogP contribution is -2.15. The molecule has 0 spiro atoms. The Bertz CT molecular complexity index is 982. The predicted octanol–water partition coefficient (Wildman–Crippen LogP) is 5.35. The smallest absolute Gasteiger partial charge is 0.277 e. The van der Waals surface area contributed by atoms with Crippen LogP contribution in [0.1, 0.15) is 55.8 Å². The average molecular weight is 404 g/mol. The van der Waals surface area contributed by atoms with Crippen LogP contribution in [0.15, 0.2) is 77.9 Å². The second kappa shape index (κ2) is 11.7. The van der Waals surface area contributed by atoms with Gasteiger partial charge in [-0.25, -0.2) is 9.67 Å². The number of carbonyl (C=O) groups excluding carboxylic acids is 1. The van der Waals surface area contributed by atoms with Crippen molar-refractivity contribution in [3.8, 4) is 11.6 Å². The van der Waals surface area contributed by atoms with Crippen LogP contribution < -0.4 is 10.1 Å². The van der Waals surface area contributed by atoms with Gasteiger partial charge in [-0.3, -0.25) is 4.79 Å². The summed E-state index contributed by atoms with van der Waals surface area (Å²) in [7, 11) is 0. The Kier molecular flexibility index (Phi) is 8.39. The van der Waals surface area contributed by atoms with Gasteiger partial charge in [0.1, 0.15) is 0 Å². The molecule has 1 amide bonds. The zero-order chi connectivity index (χ0) is 21.0. The van der Waals surface area contributed by atoms with E-state index < -0.39 is 0 Å². The van der Waals surface area contributed by atoms with Gasteiger partial charge in [0.15, 0.2) is 0 Å². The zero-order valence-corrected chi connectivity index (χ0v) is 17.5. The van der Waals surface area contributed by atoms with Crippen LogP contribution >= 0.6 is 0 Å². The number of ether oxygens (including phenoxy) is 1. The molecule has 3 aromatic rings. The number of para-hydroxylation sites is 1. The molecule has 1 heterocycles. The molecule has 0 unspecified atom stereocenters. The van der Waals surface area contributed by atoms with Gasteiger partial charge in [-0.1, -0.05) is 75.4 Å². The fourth-order valence-corrected chi connectivity index (χ4v) is 3.15. The van der Waals surface area contributed by atoms with Crippen molar-refractivity contribution < 1.29 is 9.53 Å². The van der Waals surface area contributed by atoms with E-state index in [0.717, 1.165) is 18.5 Å². The summed E-state index contributed by atoms with van der Waals surface area (Å²) in [4.78, 5) is 16.6. The lowest BCUT2D eigenvalue weighted by molar-refractivity contribution is 0.0998.